The lowest BCUT2D eigenvalue weighted by Gasteiger charge is -2.04. The third kappa shape index (κ3) is 2.36. The Morgan fingerprint density at radius 2 is 2.18 bits per heavy atom. The van der Waals surface area contributed by atoms with E-state index in [2.05, 4.69) is 15.5 Å². The number of amides is 1. The molecule has 22 heavy (non-hydrogen) atoms. The second kappa shape index (κ2) is 5.22. The maximum absolute atomic E-state index is 11.1. The standard InChI is InChI=1S/C16H12N4O2/c1-9(21)18-12-4-2-3-10(5-12)16-13-7-15(22)11(8-17)6-14(13)19-20-16/h2-7,22H,1H3,(H,18,21)(H,19,20). The zero-order valence-electron chi connectivity index (χ0n) is 11.7. The van der Waals surface area contributed by atoms with Crippen LogP contribution in [0.15, 0.2) is 36.4 Å². The molecule has 3 rings (SSSR count). The number of hydrogen-bond acceptors (Lipinski definition) is 4. The number of anilines is 1. The summed E-state index contributed by atoms with van der Waals surface area (Å²) in [5.74, 6) is -0.240. The van der Waals surface area contributed by atoms with Gasteiger partial charge in [0.2, 0.25) is 5.91 Å². The van der Waals surface area contributed by atoms with Gasteiger partial charge in [0.05, 0.1) is 11.1 Å². The van der Waals surface area contributed by atoms with Gasteiger partial charge < -0.3 is 10.4 Å². The van der Waals surface area contributed by atoms with Crippen molar-refractivity contribution in [3.63, 3.8) is 0 Å². The number of benzene rings is 2. The van der Waals surface area contributed by atoms with Crippen molar-refractivity contribution in [2.24, 2.45) is 0 Å². The maximum Gasteiger partial charge on any atom is 0.221 e. The Kier molecular flexibility index (Phi) is 3.24. The molecule has 0 aliphatic rings. The predicted octanol–water partition coefficient (Wildman–Crippen LogP) is 2.77. The topological polar surface area (TPSA) is 102 Å². The van der Waals surface area contributed by atoms with Crippen LogP contribution in [0.25, 0.3) is 22.2 Å². The summed E-state index contributed by atoms with van der Waals surface area (Å²) in [5, 5.41) is 29.3. The van der Waals surface area contributed by atoms with Gasteiger partial charge in [-0.15, -0.1) is 0 Å². The molecule has 1 heterocycles. The molecular weight excluding hydrogens is 280 g/mol. The van der Waals surface area contributed by atoms with Crippen LogP contribution in [-0.2, 0) is 4.79 Å². The van der Waals surface area contributed by atoms with Crippen molar-refractivity contribution < 1.29 is 9.90 Å². The minimum Gasteiger partial charge on any atom is -0.507 e. The Morgan fingerprint density at radius 1 is 1.36 bits per heavy atom. The van der Waals surface area contributed by atoms with E-state index in [1.807, 2.05) is 18.2 Å². The number of aromatic amines is 1. The van der Waals surface area contributed by atoms with E-state index in [1.165, 1.54) is 13.0 Å². The highest BCUT2D eigenvalue weighted by atomic mass is 16.3. The number of nitrogens with one attached hydrogen (secondary N) is 2. The van der Waals surface area contributed by atoms with Crippen LogP contribution >= 0.6 is 0 Å². The number of H-pyrrole nitrogens is 1. The summed E-state index contributed by atoms with van der Waals surface area (Å²) < 4.78 is 0. The number of fused-ring (bicyclic) bond motifs is 1. The Labute approximate surface area is 126 Å². The number of nitriles is 1. The van der Waals surface area contributed by atoms with E-state index in [4.69, 9.17) is 5.26 Å². The van der Waals surface area contributed by atoms with Gasteiger partial charge in [-0.1, -0.05) is 12.1 Å². The molecule has 3 aromatic rings. The molecule has 0 spiro atoms. The fourth-order valence-corrected chi connectivity index (χ4v) is 2.31. The van der Waals surface area contributed by atoms with E-state index in [-0.39, 0.29) is 17.2 Å². The monoisotopic (exact) mass is 292 g/mol. The Bertz CT molecular complexity index is 922. The molecule has 0 saturated heterocycles. The van der Waals surface area contributed by atoms with E-state index in [0.29, 0.717) is 22.3 Å². The van der Waals surface area contributed by atoms with Gasteiger partial charge in [0, 0.05) is 23.6 Å². The lowest BCUT2D eigenvalue weighted by atomic mass is 10.1. The molecule has 0 atom stereocenters. The quantitative estimate of drug-likeness (QED) is 0.675. The average molecular weight is 292 g/mol. The molecule has 108 valence electrons. The summed E-state index contributed by atoms with van der Waals surface area (Å²) in [6.07, 6.45) is 0. The van der Waals surface area contributed by atoms with E-state index in [9.17, 15) is 9.90 Å². The second-order valence-electron chi connectivity index (χ2n) is 4.86. The van der Waals surface area contributed by atoms with E-state index in [0.717, 1.165) is 5.56 Å². The van der Waals surface area contributed by atoms with Crippen molar-refractivity contribution in [2.45, 2.75) is 6.92 Å². The molecule has 0 unspecified atom stereocenters. The Balaban J connectivity index is 2.13. The Morgan fingerprint density at radius 3 is 2.91 bits per heavy atom. The number of phenolic OH excluding ortho intramolecular Hbond substituents is 1. The fourth-order valence-electron chi connectivity index (χ4n) is 2.31. The van der Waals surface area contributed by atoms with Crippen LogP contribution in [0.5, 0.6) is 5.75 Å². The number of carbonyl (C=O) groups is 1. The summed E-state index contributed by atoms with van der Waals surface area (Å²) >= 11 is 0. The number of aromatic nitrogens is 2. The highest BCUT2D eigenvalue weighted by Gasteiger charge is 2.12. The third-order valence-corrected chi connectivity index (χ3v) is 3.26. The molecule has 0 aliphatic carbocycles. The van der Waals surface area contributed by atoms with E-state index < -0.39 is 0 Å². The lowest BCUT2D eigenvalue weighted by molar-refractivity contribution is -0.114. The number of nitrogens with zero attached hydrogens (tertiary/aromatic N) is 2. The minimum absolute atomic E-state index is 0.0873. The van der Waals surface area contributed by atoms with Gasteiger partial charge in [0.15, 0.2) is 0 Å². The number of rotatable bonds is 2. The Hall–Kier alpha value is -3.33. The molecule has 1 aromatic heterocycles. The van der Waals surface area contributed by atoms with Gasteiger partial charge in [-0.3, -0.25) is 9.89 Å². The van der Waals surface area contributed by atoms with Gasteiger partial charge in [-0.05, 0) is 24.3 Å². The van der Waals surface area contributed by atoms with Crippen molar-refractivity contribution in [3.05, 3.63) is 42.0 Å². The van der Waals surface area contributed by atoms with Crippen LogP contribution in [0.2, 0.25) is 0 Å². The molecule has 0 saturated carbocycles. The van der Waals surface area contributed by atoms with Crippen LogP contribution < -0.4 is 5.32 Å². The molecule has 6 nitrogen and oxygen atoms in total. The molecule has 0 bridgehead atoms. The van der Waals surface area contributed by atoms with E-state index in [1.54, 1.807) is 18.2 Å². The fraction of sp³-hybridized carbons (Fsp3) is 0.0625. The SMILES string of the molecule is CC(=O)Nc1cccc(-c2n[nH]c3cc(C#N)c(O)cc23)c1. The largest absolute Gasteiger partial charge is 0.507 e. The number of hydrogen-bond donors (Lipinski definition) is 3. The number of aromatic hydroxyl groups is 1. The van der Waals surface area contributed by atoms with Gasteiger partial charge in [0.1, 0.15) is 17.5 Å². The molecule has 6 heteroatoms. The second-order valence-corrected chi connectivity index (χ2v) is 4.86. The zero-order chi connectivity index (χ0) is 15.7. The molecule has 1 amide bonds. The summed E-state index contributed by atoms with van der Waals surface area (Å²) in [6, 6.07) is 12.2. The molecule has 3 N–H and O–H groups in total. The lowest BCUT2D eigenvalue weighted by Crippen LogP contribution is -2.05. The van der Waals surface area contributed by atoms with E-state index >= 15 is 0 Å². The predicted molar refractivity (Wildman–Crippen MR) is 82.2 cm³/mol. The van der Waals surface area contributed by atoms with Crippen molar-refractivity contribution in [3.8, 4) is 23.1 Å². The molecule has 0 aliphatic heterocycles. The first-order chi connectivity index (χ1) is 10.6. The molecular formula is C16H12N4O2. The van der Waals surface area contributed by atoms with Crippen LogP contribution in [0.1, 0.15) is 12.5 Å². The van der Waals surface area contributed by atoms with Gasteiger partial charge in [-0.25, -0.2) is 0 Å². The molecule has 0 radical (unpaired) electrons. The molecule has 0 fully saturated rings. The third-order valence-electron chi connectivity index (χ3n) is 3.26. The van der Waals surface area contributed by atoms with Gasteiger partial charge >= 0.3 is 0 Å². The van der Waals surface area contributed by atoms with Crippen molar-refractivity contribution in [1.29, 1.82) is 5.26 Å². The first kappa shape index (κ1) is 13.6. The minimum atomic E-state index is -0.152. The van der Waals surface area contributed by atoms with Crippen LogP contribution in [-0.4, -0.2) is 21.2 Å². The maximum atomic E-state index is 11.1. The van der Waals surface area contributed by atoms with Crippen LogP contribution in [0, 0.1) is 11.3 Å². The van der Waals surface area contributed by atoms with Crippen LogP contribution in [0.3, 0.4) is 0 Å². The highest BCUT2D eigenvalue weighted by Crippen LogP contribution is 2.31. The van der Waals surface area contributed by atoms with Crippen molar-refractivity contribution in [1.82, 2.24) is 10.2 Å². The molecule has 2 aromatic carbocycles. The van der Waals surface area contributed by atoms with Crippen molar-refractivity contribution >= 4 is 22.5 Å². The number of carbonyl (C=O) groups excluding carboxylic acids is 1. The summed E-state index contributed by atoms with van der Waals surface area (Å²) in [6.45, 7) is 1.44. The zero-order valence-corrected chi connectivity index (χ0v) is 11.7. The summed E-state index contributed by atoms with van der Waals surface area (Å²) in [7, 11) is 0. The van der Waals surface area contributed by atoms with Crippen molar-refractivity contribution in [2.75, 3.05) is 5.32 Å². The van der Waals surface area contributed by atoms with Gasteiger partial charge in [0.25, 0.3) is 0 Å². The summed E-state index contributed by atoms with van der Waals surface area (Å²) in [5.41, 5.74) is 2.95. The average Bonchev–Trinajstić information content (AvgIpc) is 2.88. The normalized spacial score (nSPS) is 10.4. The highest BCUT2D eigenvalue weighted by molar-refractivity contribution is 5.96. The van der Waals surface area contributed by atoms with Crippen LogP contribution in [0.4, 0.5) is 5.69 Å². The van der Waals surface area contributed by atoms with Gasteiger partial charge in [-0.2, -0.15) is 10.4 Å². The smallest absolute Gasteiger partial charge is 0.221 e. The first-order valence-electron chi connectivity index (χ1n) is 6.57. The first-order valence-corrected chi connectivity index (χ1v) is 6.57. The number of phenols is 1. The summed E-state index contributed by atoms with van der Waals surface area (Å²) in [4.78, 5) is 11.1.